The van der Waals surface area contributed by atoms with Crippen LogP contribution in [0.15, 0.2) is 35.3 Å². The van der Waals surface area contributed by atoms with Gasteiger partial charge in [0.05, 0.1) is 6.61 Å². The highest BCUT2D eigenvalue weighted by Gasteiger charge is 2.10. The molecular weight excluding hydrogens is 274 g/mol. The summed E-state index contributed by atoms with van der Waals surface area (Å²) < 4.78 is 5.66. The number of aliphatic imine (C=N–C) groups is 1. The van der Waals surface area contributed by atoms with Crippen LogP contribution in [-0.4, -0.2) is 43.7 Å². The molecule has 0 aromatic heterocycles. The Morgan fingerprint density at radius 2 is 1.77 bits per heavy atom. The zero-order valence-corrected chi connectivity index (χ0v) is 13.5. The van der Waals surface area contributed by atoms with Crippen LogP contribution in [0.5, 0.6) is 0 Å². The summed E-state index contributed by atoms with van der Waals surface area (Å²) in [6.45, 7) is 4.40. The van der Waals surface area contributed by atoms with Gasteiger partial charge >= 0.3 is 0 Å². The average Bonchev–Trinajstić information content (AvgIpc) is 2.84. The summed E-state index contributed by atoms with van der Waals surface area (Å²) in [6.07, 6.45) is 7.01. The molecule has 1 aliphatic rings. The average molecular weight is 303 g/mol. The van der Waals surface area contributed by atoms with Crippen molar-refractivity contribution in [2.24, 2.45) is 10.7 Å². The van der Waals surface area contributed by atoms with Crippen LogP contribution in [0.25, 0.3) is 0 Å². The van der Waals surface area contributed by atoms with Gasteiger partial charge in [0, 0.05) is 26.2 Å². The Labute approximate surface area is 134 Å². The van der Waals surface area contributed by atoms with Crippen molar-refractivity contribution in [3.8, 4) is 0 Å². The van der Waals surface area contributed by atoms with Crippen molar-refractivity contribution in [2.75, 3.05) is 32.8 Å². The topological polar surface area (TPSA) is 50.9 Å². The third-order valence-corrected chi connectivity index (χ3v) is 4.03. The molecule has 0 aliphatic carbocycles. The highest BCUT2D eigenvalue weighted by molar-refractivity contribution is 5.78. The molecule has 1 aromatic carbocycles. The Hall–Kier alpha value is -1.55. The van der Waals surface area contributed by atoms with Crippen LogP contribution >= 0.6 is 0 Å². The van der Waals surface area contributed by atoms with Gasteiger partial charge in [-0.05, 0) is 31.2 Å². The van der Waals surface area contributed by atoms with Gasteiger partial charge in [-0.15, -0.1) is 0 Å². The first-order valence-electron chi connectivity index (χ1n) is 8.53. The van der Waals surface area contributed by atoms with Crippen molar-refractivity contribution in [1.29, 1.82) is 0 Å². The van der Waals surface area contributed by atoms with Crippen molar-refractivity contribution in [3.63, 3.8) is 0 Å². The first-order chi connectivity index (χ1) is 10.9. The molecule has 1 aromatic rings. The lowest BCUT2D eigenvalue weighted by molar-refractivity contribution is 0.136. The summed E-state index contributed by atoms with van der Waals surface area (Å²) in [5, 5.41) is 0. The van der Waals surface area contributed by atoms with Gasteiger partial charge in [0.25, 0.3) is 0 Å². The molecule has 1 heterocycles. The van der Waals surface area contributed by atoms with Crippen LogP contribution in [0.4, 0.5) is 0 Å². The molecule has 0 unspecified atom stereocenters. The molecule has 0 atom stereocenters. The Morgan fingerprint density at radius 3 is 2.50 bits per heavy atom. The number of nitrogens with zero attached hydrogens (tertiary/aromatic N) is 2. The van der Waals surface area contributed by atoms with E-state index in [1.54, 1.807) is 0 Å². The van der Waals surface area contributed by atoms with Gasteiger partial charge in [0.1, 0.15) is 0 Å². The SMILES string of the molecule is NC(=NCCCOCCc1ccccc1)N1CCCCCC1. The highest BCUT2D eigenvalue weighted by atomic mass is 16.5. The molecule has 0 radical (unpaired) electrons. The van der Waals surface area contributed by atoms with E-state index in [0.29, 0.717) is 5.96 Å². The lowest BCUT2D eigenvalue weighted by Crippen LogP contribution is -2.38. The maximum atomic E-state index is 6.07. The molecule has 122 valence electrons. The van der Waals surface area contributed by atoms with Crippen LogP contribution in [0.1, 0.15) is 37.7 Å². The van der Waals surface area contributed by atoms with Gasteiger partial charge in [-0.3, -0.25) is 4.99 Å². The predicted octanol–water partition coefficient (Wildman–Crippen LogP) is 2.83. The second-order valence-corrected chi connectivity index (χ2v) is 5.84. The Morgan fingerprint density at radius 1 is 1.05 bits per heavy atom. The fourth-order valence-corrected chi connectivity index (χ4v) is 2.70. The quantitative estimate of drug-likeness (QED) is 0.479. The van der Waals surface area contributed by atoms with E-state index >= 15 is 0 Å². The van der Waals surface area contributed by atoms with Gasteiger partial charge in [0.2, 0.25) is 0 Å². The molecule has 22 heavy (non-hydrogen) atoms. The van der Waals surface area contributed by atoms with Gasteiger partial charge < -0.3 is 15.4 Å². The molecule has 4 nitrogen and oxygen atoms in total. The fraction of sp³-hybridized carbons (Fsp3) is 0.611. The summed E-state index contributed by atoms with van der Waals surface area (Å²) in [4.78, 5) is 6.71. The molecule has 1 fully saturated rings. The number of guanidine groups is 1. The standard InChI is InChI=1S/C18H29N3O/c19-18(21-13-6-1-2-7-14-21)20-12-8-15-22-16-11-17-9-4-3-5-10-17/h3-5,9-10H,1-2,6-8,11-16H2,(H2,19,20). The number of benzene rings is 1. The van der Waals surface area contributed by atoms with E-state index < -0.39 is 0 Å². The second kappa shape index (κ2) is 10.2. The smallest absolute Gasteiger partial charge is 0.191 e. The zero-order chi connectivity index (χ0) is 15.5. The van der Waals surface area contributed by atoms with E-state index in [0.717, 1.165) is 45.7 Å². The van der Waals surface area contributed by atoms with E-state index in [1.807, 2.05) is 6.07 Å². The van der Waals surface area contributed by atoms with Crippen LogP contribution in [-0.2, 0) is 11.2 Å². The van der Waals surface area contributed by atoms with Crippen molar-refractivity contribution in [2.45, 2.75) is 38.5 Å². The molecule has 4 heteroatoms. The molecule has 0 saturated carbocycles. The summed E-state index contributed by atoms with van der Waals surface area (Å²) >= 11 is 0. The Bertz CT molecular complexity index is 425. The number of ether oxygens (including phenoxy) is 1. The molecule has 1 saturated heterocycles. The van der Waals surface area contributed by atoms with E-state index in [1.165, 1.54) is 31.2 Å². The largest absolute Gasteiger partial charge is 0.381 e. The van der Waals surface area contributed by atoms with Crippen molar-refractivity contribution in [3.05, 3.63) is 35.9 Å². The minimum absolute atomic E-state index is 0.714. The summed E-state index contributed by atoms with van der Waals surface area (Å²) in [7, 11) is 0. The molecule has 2 rings (SSSR count). The number of nitrogens with two attached hydrogens (primary N) is 1. The molecule has 0 bridgehead atoms. The van der Waals surface area contributed by atoms with Crippen LogP contribution in [0.3, 0.4) is 0 Å². The number of rotatable bonds is 7. The zero-order valence-electron chi connectivity index (χ0n) is 13.5. The highest BCUT2D eigenvalue weighted by Crippen LogP contribution is 2.09. The third-order valence-electron chi connectivity index (χ3n) is 4.03. The summed E-state index contributed by atoms with van der Waals surface area (Å²) in [5.74, 6) is 0.714. The van der Waals surface area contributed by atoms with Gasteiger partial charge in [-0.2, -0.15) is 0 Å². The number of likely N-dealkylation sites (tertiary alicyclic amines) is 1. The van der Waals surface area contributed by atoms with Crippen molar-refractivity contribution >= 4 is 5.96 Å². The van der Waals surface area contributed by atoms with Crippen LogP contribution < -0.4 is 5.73 Å². The van der Waals surface area contributed by atoms with Crippen LogP contribution in [0.2, 0.25) is 0 Å². The Kier molecular flexibility index (Phi) is 7.81. The number of hydrogen-bond donors (Lipinski definition) is 1. The predicted molar refractivity (Wildman–Crippen MR) is 92.1 cm³/mol. The minimum Gasteiger partial charge on any atom is -0.381 e. The van der Waals surface area contributed by atoms with Crippen molar-refractivity contribution < 1.29 is 4.74 Å². The minimum atomic E-state index is 0.714. The van der Waals surface area contributed by atoms with E-state index in [-0.39, 0.29) is 0 Å². The second-order valence-electron chi connectivity index (χ2n) is 5.84. The molecular formula is C18H29N3O. The van der Waals surface area contributed by atoms with Gasteiger partial charge in [-0.1, -0.05) is 43.2 Å². The van der Waals surface area contributed by atoms with E-state index in [2.05, 4.69) is 34.2 Å². The van der Waals surface area contributed by atoms with E-state index in [4.69, 9.17) is 10.5 Å². The lowest BCUT2D eigenvalue weighted by Gasteiger charge is -2.21. The lowest BCUT2D eigenvalue weighted by atomic mass is 10.2. The van der Waals surface area contributed by atoms with Gasteiger partial charge in [0.15, 0.2) is 5.96 Å². The third kappa shape index (κ3) is 6.48. The fourth-order valence-electron chi connectivity index (χ4n) is 2.70. The molecule has 1 aliphatic heterocycles. The number of hydrogen-bond acceptors (Lipinski definition) is 2. The summed E-state index contributed by atoms with van der Waals surface area (Å²) in [6, 6.07) is 10.4. The van der Waals surface area contributed by atoms with Crippen LogP contribution in [0, 0.1) is 0 Å². The molecule has 2 N–H and O–H groups in total. The maximum Gasteiger partial charge on any atom is 0.191 e. The molecule has 0 spiro atoms. The molecule has 0 amide bonds. The normalized spacial score (nSPS) is 16.5. The maximum absolute atomic E-state index is 6.07. The van der Waals surface area contributed by atoms with Crippen molar-refractivity contribution in [1.82, 2.24) is 4.90 Å². The Balaban J connectivity index is 1.53. The van der Waals surface area contributed by atoms with Gasteiger partial charge in [-0.25, -0.2) is 0 Å². The van der Waals surface area contributed by atoms with E-state index in [9.17, 15) is 0 Å². The monoisotopic (exact) mass is 303 g/mol. The first-order valence-corrected chi connectivity index (χ1v) is 8.53. The first kappa shape index (κ1) is 16.8. The summed E-state index contributed by atoms with van der Waals surface area (Å²) in [5.41, 5.74) is 7.39.